The molecule has 4 rings (SSSR count). The van der Waals surface area contributed by atoms with E-state index in [1.54, 1.807) is 11.3 Å². The number of hydrogen-bond acceptors (Lipinski definition) is 6. The molecule has 30 heavy (non-hydrogen) atoms. The minimum absolute atomic E-state index is 0.0119. The van der Waals surface area contributed by atoms with Gasteiger partial charge in [-0.05, 0) is 36.9 Å². The molecule has 0 radical (unpaired) electrons. The Hall–Kier alpha value is -2.48. The lowest BCUT2D eigenvalue weighted by atomic mass is 10.0. The van der Waals surface area contributed by atoms with Crippen LogP contribution in [-0.4, -0.2) is 55.2 Å². The van der Waals surface area contributed by atoms with Gasteiger partial charge in [-0.25, -0.2) is 4.98 Å². The average Bonchev–Trinajstić information content (AvgIpc) is 3.22. The molecule has 1 fully saturated rings. The number of hydrogen-bond donors (Lipinski definition) is 1. The van der Waals surface area contributed by atoms with Crippen LogP contribution in [0.3, 0.4) is 0 Å². The van der Waals surface area contributed by atoms with Crippen molar-refractivity contribution >= 4 is 38.3 Å². The predicted octanol–water partition coefficient (Wildman–Crippen LogP) is 4.15. The van der Waals surface area contributed by atoms with Gasteiger partial charge < -0.3 is 15.0 Å². The molecule has 1 atom stereocenters. The molecule has 0 bridgehead atoms. The van der Waals surface area contributed by atoms with Gasteiger partial charge in [0.05, 0.1) is 23.4 Å². The molecule has 1 aliphatic heterocycles. The van der Waals surface area contributed by atoms with Gasteiger partial charge in [0, 0.05) is 18.8 Å². The summed E-state index contributed by atoms with van der Waals surface area (Å²) >= 11 is 1.66. The second-order valence-corrected chi connectivity index (χ2v) is 8.31. The smallest absolute Gasteiger partial charge is 0.246 e. The van der Waals surface area contributed by atoms with Crippen molar-refractivity contribution in [2.45, 2.75) is 19.9 Å². The first-order valence-electron chi connectivity index (χ1n) is 10.5. The molecule has 158 valence electrons. The number of benzene rings is 2. The number of morpholine rings is 1. The summed E-state index contributed by atoms with van der Waals surface area (Å²) in [4.78, 5) is 22.5. The van der Waals surface area contributed by atoms with Crippen molar-refractivity contribution in [3.8, 4) is 0 Å². The molecule has 1 amide bonds. The molecule has 2 aromatic carbocycles. The normalized spacial score (nSPS) is 15.5. The second-order valence-electron chi connectivity index (χ2n) is 7.30. The van der Waals surface area contributed by atoms with E-state index in [4.69, 9.17) is 9.72 Å². The third-order valence-electron chi connectivity index (χ3n) is 5.47. The van der Waals surface area contributed by atoms with Gasteiger partial charge in [0.15, 0.2) is 5.13 Å². The molecule has 7 heteroatoms. The first kappa shape index (κ1) is 20.8. The van der Waals surface area contributed by atoms with Crippen LogP contribution in [0.25, 0.3) is 10.2 Å². The maximum atomic E-state index is 13.3. The third kappa shape index (κ3) is 4.48. The van der Waals surface area contributed by atoms with Gasteiger partial charge in [0.1, 0.15) is 6.04 Å². The average molecular weight is 425 g/mol. The molecule has 1 unspecified atom stereocenters. The van der Waals surface area contributed by atoms with Crippen LogP contribution in [0.1, 0.15) is 25.5 Å². The first-order valence-corrected chi connectivity index (χ1v) is 11.3. The lowest BCUT2D eigenvalue weighted by Crippen LogP contribution is -2.37. The van der Waals surface area contributed by atoms with E-state index in [1.165, 1.54) is 0 Å². The summed E-state index contributed by atoms with van der Waals surface area (Å²) in [5, 5.41) is 4.15. The molecule has 0 spiro atoms. The SMILES string of the molecule is CCN(CC)C(C(=O)Nc1ccc2nc(N3CCOCC3)sc2c1)c1ccccc1. The van der Waals surface area contributed by atoms with Crippen molar-refractivity contribution in [1.82, 2.24) is 9.88 Å². The molecular weight excluding hydrogens is 396 g/mol. The molecular formula is C23H28N4O2S. The van der Waals surface area contributed by atoms with Crippen LogP contribution in [-0.2, 0) is 9.53 Å². The van der Waals surface area contributed by atoms with Crippen LogP contribution in [0.15, 0.2) is 48.5 Å². The Kier molecular flexibility index (Phi) is 6.62. The summed E-state index contributed by atoms with van der Waals surface area (Å²) in [5.74, 6) is -0.0119. The Balaban J connectivity index is 1.56. The Labute approximate surface area is 181 Å². The van der Waals surface area contributed by atoms with Crippen LogP contribution in [0.5, 0.6) is 0 Å². The highest BCUT2D eigenvalue weighted by molar-refractivity contribution is 7.22. The van der Waals surface area contributed by atoms with Gasteiger partial charge in [0.25, 0.3) is 0 Å². The zero-order valence-electron chi connectivity index (χ0n) is 17.5. The maximum Gasteiger partial charge on any atom is 0.246 e. The van der Waals surface area contributed by atoms with Crippen molar-refractivity contribution in [3.05, 3.63) is 54.1 Å². The summed E-state index contributed by atoms with van der Waals surface area (Å²) in [7, 11) is 0. The number of fused-ring (bicyclic) bond motifs is 1. The molecule has 1 aromatic heterocycles. The van der Waals surface area contributed by atoms with Gasteiger partial charge >= 0.3 is 0 Å². The number of rotatable bonds is 7. The van der Waals surface area contributed by atoms with Gasteiger partial charge in [-0.3, -0.25) is 9.69 Å². The molecule has 1 N–H and O–H groups in total. The van der Waals surface area contributed by atoms with Crippen LogP contribution < -0.4 is 10.2 Å². The van der Waals surface area contributed by atoms with Crippen molar-refractivity contribution < 1.29 is 9.53 Å². The Morgan fingerprint density at radius 2 is 1.90 bits per heavy atom. The zero-order valence-corrected chi connectivity index (χ0v) is 18.3. The fraction of sp³-hybridized carbons (Fsp3) is 0.391. The van der Waals surface area contributed by atoms with Crippen LogP contribution >= 0.6 is 11.3 Å². The van der Waals surface area contributed by atoms with Crippen LogP contribution in [0.2, 0.25) is 0 Å². The second kappa shape index (κ2) is 9.55. The van der Waals surface area contributed by atoms with Crippen molar-refractivity contribution in [2.24, 2.45) is 0 Å². The highest BCUT2D eigenvalue weighted by Gasteiger charge is 2.26. The summed E-state index contributed by atoms with van der Waals surface area (Å²) in [6.07, 6.45) is 0. The molecule has 0 aliphatic carbocycles. The Bertz CT molecular complexity index is 981. The van der Waals surface area contributed by atoms with E-state index in [9.17, 15) is 4.79 Å². The number of carbonyl (C=O) groups excluding carboxylic acids is 1. The van der Waals surface area contributed by atoms with E-state index in [2.05, 4.69) is 29.0 Å². The van der Waals surface area contributed by atoms with Gasteiger partial charge in [0.2, 0.25) is 5.91 Å². The van der Waals surface area contributed by atoms with Crippen LogP contribution in [0.4, 0.5) is 10.8 Å². The Morgan fingerprint density at radius 3 is 2.60 bits per heavy atom. The predicted molar refractivity (Wildman–Crippen MR) is 123 cm³/mol. The zero-order chi connectivity index (χ0) is 20.9. The minimum Gasteiger partial charge on any atom is -0.378 e. The number of thiazole rings is 1. The lowest BCUT2D eigenvalue weighted by Gasteiger charge is -2.29. The Morgan fingerprint density at radius 1 is 1.17 bits per heavy atom. The molecule has 1 aliphatic rings. The van der Waals surface area contributed by atoms with E-state index in [0.29, 0.717) is 0 Å². The third-order valence-corrected chi connectivity index (χ3v) is 6.55. The van der Waals surface area contributed by atoms with Crippen molar-refractivity contribution in [1.29, 1.82) is 0 Å². The van der Waals surface area contributed by atoms with E-state index < -0.39 is 0 Å². The topological polar surface area (TPSA) is 57.7 Å². The number of anilines is 2. The summed E-state index contributed by atoms with van der Waals surface area (Å²) in [6.45, 7) is 9.00. The molecule has 0 saturated carbocycles. The summed E-state index contributed by atoms with van der Waals surface area (Å²) < 4.78 is 6.52. The first-order chi connectivity index (χ1) is 14.7. The highest BCUT2D eigenvalue weighted by Crippen LogP contribution is 2.32. The van der Waals surface area contributed by atoms with E-state index >= 15 is 0 Å². The van der Waals surface area contributed by atoms with Crippen molar-refractivity contribution in [2.75, 3.05) is 49.6 Å². The van der Waals surface area contributed by atoms with Gasteiger partial charge in [-0.1, -0.05) is 55.5 Å². The number of ether oxygens (including phenoxy) is 1. The number of nitrogens with one attached hydrogen (secondary N) is 1. The number of aromatic nitrogens is 1. The molecule has 2 heterocycles. The monoisotopic (exact) mass is 424 g/mol. The highest BCUT2D eigenvalue weighted by atomic mass is 32.1. The fourth-order valence-electron chi connectivity index (χ4n) is 3.84. The van der Waals surface area contributed by atoms with Gasteiger partial charge in [-0.2, -0.15) is 0 Å². The molecule has 6 nitrogen and oxygen atoms in total. The molecule has 1 saturated heterocycles. The van der Waals surface area contributed by atoms with E-state index in [0.717, 1.165) is 66.0 Å². The van der Waals surface area contributed by atoms with Crippen molar-refractivity contribution in [3.63, 3.8) is 0 Å². The maximum absolute atomic E-state index is 13.3. The summed E-state index contributed by atoms with van der Waals surface area (Å²) in [6, 6.07) is 15.6. The summed E-state index contributed by atoms with van der Waals surface area (Å²) in [5.41, 5.74) is 2.77. The van der Waals surface area contributed by atoms with E-state index in [-0.39, 0.29) is 11.9 Å². The fourth-order valence-corrected chi connectivity index (χ4v) is 4.90. The number of nitrogens with zero attached hydrogens (tertiary/aromatic N) is 3. The molecule has 3 aromatic rings. The number of carbonyl (C=O) groups is 1. The minimum atomic E-state index is -0.317. The largest absolute Gasteiger partial charge is 0.378 e. The van der Waals surface area contributed by atoms with Gasteiger partial charge in [-0.15, -0.1) is 0 Å². The number of amides is 1. The van der Waals surface area contributed by atoms with E-state index in [1.807, 2.05) is 48.5 Å². The number of likely N-dealkylation sites (N-methyl/N-ethyl adjacent to an activating group) is 1. The lowest BCUT2D eigenvalue weighted by molar-refractivity contribution is -0.121. The quantitative estimate of drug-likeness (QED) is 0.617. The standard InChI is InChI=1S/C23H28N4O2S/c1-3-26(4-2)21(17-8-6-5-7-9-17)22(28)24-18-10-11-19-20(16-18)30-23(25-19)27-12-14-29-15-13-27/h5-11,16,21H,3-4,12-15H2,1-2H3,(H,24,28). The van der Waals surface area contributed by atoms with Crippen LogP contribution in [0, 0.1) is 0 Å².